The second-order valence-corrected chi connectivity index (χ2v) is 17.1. The molecule has 0 bridgehead atoms. The van der Waals surface area contributed by atoms with Gasteiger partial charge in [0.25, 0.3) is 5.91 Å². The van der Waals surface area contributed by atoms with E-state index in [4.69, 9.17) is 14.2 Å². The number of carbonyl (C=O) groups is 2. The van der Waals surface area contributed by atoms with E-state index >= 15 is 0 Å². The second kappa shape index (κ2) is 14.5. The van der Waals surface area contributed by atoms with E-state index in [2.05, 4.69) is 19.6 Å². The summed E-state index contributed by atoms with van der Waals surface area (Å²) < 4.78 is 19.4. The summed E-state index contributed by atoms with van der Waals surface area (Å²) in [5.74, 6) is -0.519. The van der Waals surface area contributed by atoms with Crippen molar-refractivity contribution in [3.63, 3.8) is 0 Å². The Labute approximate surface area is 239 Å². The van der Waals surface area contributed by atoms with Crippen LogP contribution in [0.5, 0.6) is 5.75 Å². The number of hydrogen-bond acceptors (Lipinski definition) is 7. The first-order valence-electron chi connectivity index (χ1n) is 14.3. The van der Waals surface area contributed by atoms with Gasteiger partial charge in [-0.15, -0.1) is 0 Å². The van der Waals surface area contributed by atoms with Gasteiger partial charge in [-0.1, -0.05) is 63.3 Å². The highest BCUT2D eigenvalue weighted by Gasteiger charge is 2.38. The number of unbranched alkanes of at least 4 members (excludes halogenated alkanes) is 1. The molecule has 0 aliphatic carbocycles. The number of rotatable bonds is 15. The normalized spacial score (nSPS) is 16.1. The Morgan fingerprint density at radius 3 is 2.42 bits per heavy atom. The van der Waals surface area contributed by atoms with E-state index in [1.165, 1.54) is 13.0 Å². The van der Waals surface area contributed by atoms with Crippen LogP contribution in [0.25, 0.3) is 0 Å². The zero-order chi connectivity index (χ0) is 29.3. The van der Waals surface area contributed by atoms with Gasteiger partial charge in [0.1, 0.15) is 19.0 Å². The summed E-state index contributed by atoms with van der Waals surface area (Å²) in [5, 5.41) is 1.98. The Bertz CT molecular complexity index is 1180. The molecule has 1 amide bonds. The largest absolute Gasteiger partial charge is 0.487 e. The number of ether oxygens (including phenoxy) is 3. The number of hydrogen-bond donors (Lipinski definition) is 0. The third-order valence-electron chi connectivity index (χ3n) is 7.00. The van der Waals surface area contributed by atoms with Gasteiger partial charge in [-0.3, -0.25) is 24.1 Å². The summed E-state index contributed by atoms with van der Waals surface area (Å²) in [6.45, 7) is 11.6. The quantitative estimate of drug-likeness (QED) is 0.166. The summed E-state index contributed by atoms with van der Waals surface area (Å²) >= 11 is 0. The van der Waals surface area contributed by atoms with Crippen LogP contribution in [-0.4, -0.2) is 62.7 Å². The molecule has 10 heteroatoms. The molecule has 3 rings (SSSR count). The van der Waals surface area contributed by atoms with Crippen LogP contribution in [0, 0.1) is 0 Å². The molecule has 1 aliphatic heterocycles. The lowest BCUT2D eigenvalue weighted by Crippen LogP contribution is -2.60. The first-order chi connectivity index (χ1) is 19.0. The van der Waals surface area contributed by atoms with Crippen LogP contribution in [0.1, 0.15) is 68.1 Å². The predicted octanol–water partition coefficient (Wildman–Crippen LogP) is 5.16. The monoisotopic (exact) mass is 571 g/mol. The summed E-state index contributed by atoms with van der Waals surface area (Å²) in [7, 11) is 0.460. The zero-order valence-electron chi connectivity index (χ0n) is 24.9. The van der Waals surface area contributed by atoms with Crippen LogP contribution in [0.15, 0.2) is 47.4 Å². The first kappa shape index (κ1) is 31.4. The van der Waals surface area contributed by atoms with Crippen molar-refractivity contribution < 1.29 is 23.8 Å². The molecule has 0 saturated carbocycles. The van der Waals surface area contributed by atoms with Gasteiger partial charge in [-0.25, -0.2) is 0 Å². The number of fused-ring (bicyclic) bond motifs is 1. The van der Waals surface area contributed by atoms with Gasteiger partial charge in [0.15, 0.2) is 11.4 Å². The van der Waals surface area contributed by atoms with Crippen LogP contribution in [-0.2, 0) is 14.3 Å². The predicted molar refractivity (Wildman–Crippen MR) is 159 cm³/mol. The topological polar surface area (TPSA) is 90.3 Å². The number of pyridine rings is 1. The van der Waals surface area contributed by atoms with Crippen molar-refractivity contribution in [2.24, 2.45) is 0 Å². The molecular weight excluding hydrogens is 526 g/mol. The highest BCUT2D eigenvalue weighted by Crippen LogP contribution is 2.29. The highest BCUT2D eigenvalue weighted by atomic mass is 28.3. The summed E-state index contributed by atoms with van der Waals surface area (Å²) in [6.07, 6.45) is 4.55. The van der Waals surface area contributed by atoms with Crippen LogP contribution in [0.2, 0.25) is 25.7 Å². The van der Waals surface area contributed by atoms with Crippen molar-refractivity contribution in [1.29, 1.82) is 0 Å². The van der Waals surface area contributed by atoms with E-state index in [0.717, 1.165) is 24.4 Å². The Hall–Kier alpha value is -3.11. The number of amides is 1. The van der Waals surface area contributed by atoms with E-state index in [1.807, 2.05) is 42.3 Å². The SMILES string of the molecule is CCCCOc1c2n(ccc1=O)N(COCC[Si](C)(C)C)C(CCCC(OC(C)=O)c1ccccc1)N(C)C2=O. The molecule has 0 N–H and O–H groups in total. The Kier molecular flexibility index (Phi) is 11.4. The molecule has 2 aromatic rings. The molecule has 1 aliphatic rings. The average Bonchev–Trinajstić information content (AvgIpc) is 2.90. The molecule has 9 nitrogen and oxygen atoms in total. The van der Waals surface area contributed by atoms with Gasteiger partial charge in [-0.05, 0) is 37.3 Å². The number of aromatic nitrogens is 1. The lowest BCUT2D eigenvalue weighted by atomic mass is 10.0. The van der Waals surface area contributed by atoms with Gasteiger partial charge >= 0.3 is 5.97 Å². The molecule has 1 aromatic heterocycles. The molecule has 0 saturated heterocycles. The highest BCUT2D eigenvalue weighted by molar-refractivity contribution is 6.76. The third kappa shape index (κ3) is 8.44. The Morgan fingerprint density at radius 1 is 1.05 bits per heavy atom. The number of esters is 1. The molecule has 220 valence electrons. The lowest BCUT2D eigenvalue weighted by molar-refractivity contribution is -0.147. The minimum atomic E-state index is -1.29. The van der Waals surface area contributed by atoms with Gasteiger partial charge in [0.2, 0.25) is 5.43 Å². The van der Waals surface area contributed by atoms with Crippen molar-refractivity contribution in [3.05, 3.63) is 64.1 Å². The fraction of sp³-hybridized carbons (Fsp3) is 0.567. The van der Waals surface area contributed by atoms with Crippen molar-refractivity contribution in [3.8, 4) is 5.75 Å². The summed E-state index contributed by atoms with van der Waals surface area (Å²) in [4.78, 5) is 39.9. The zero-order valence-corrected chi connectivity index (χ0v) is 25.9. The van der Waals surface area contributed by atoms with E-state index in [9.17, 15) is 14.4 Å². The van der Waals surface area contributed by atoms with Crippen LogP contribution in [0.3, 0.4) is 0 Å². The second-order valence-electron chi connectivity index (χ2n) is 11.5. The molecule has 0 spiro atoms. The van der Waals surface area contributed by atoms with E-state index in [-0.39, 0.29) is 47.7 Å². The molecule has 0 fully saturated rings. The van der Waals surface area contributed by atoms with Crippen LogP contribution < -0.4 is 15.2 Å². The molecule has 2 unspecified atom stereocenters. The van der Waals surface area contributed by atoms with Gasteiger partial charge in [-0.2, -0.15) is 0 Å². The fourth-order valence-electron chi connectivity index (χ4n) is 4.70. The summed E-state index contributed by atoms with van der Waals surface area (Å²) in [6, 6.07) is 12.2. The van der Waals surface area contributed by atoms with Crippen molar-refractivity contribution in [2.45, 2.75) is 83.9 Å². The number of nitrogens with zero attached hydrogens (tertiary/aromatic N) is 3. The maximum absolute atomic E-state index is 13.7. The summed E-state index contributed by atoms with van der Waals surface area (Å²) in [5.41, 5.74) is 0.848. The molecule has 2 atom stereocenters. The molecule has 40 heavy (non-hydrogen) atoms. The first-order valence-corrected chi connectivity index (χ1v) is 18.0. The maximum atomic E-state index is 13.7. The molecule has 1 aromatic carbocycles. The van der Waals surface area contributed by atoms with Gasteiger partial charge in [0.05, 0.1) is 6.61 Å². The van der Waals surface area contributed by atoms with Crippen LogP contribution >= 0.6 is 0 Å². The Balaban J connectivity index is 1.86. The minimum Gasteiger partial charge on any atom is -0.487 e. The number of carbonyl (C=O) groups excluding carboxylic acids is 2. The van der Waals surface area contributed by atoms with Crippen molar-refractivity contribution in [2.75, 3.05) is 32.0 Å². The number of benzene rings is 1. The van der Waals surface area contributed by atoms with E-state index in [0.29, 0.717) is 32.5 Å². The minimum absolute atomic E-state index is 0.0809. The molecular formula is C30H45N3O6Si. The third-order valence-corrected chi connectivity index (χ3v) is 8.70. The average molecular weight is 572 g/mol. The van der Waals surface area contributed by atoms with Gasteiger partial charge in [0, 0.05) is 40.9 Å². The fourth-order valence-corrected chi connectivity index (χ4v) is 5.45. The van der Waals surface area contributed by atoms with E-state index < -0.39 is 8.07 Å². The van der Waals surface area contributed by atoms with Crippen molar-refractivity contribution in [1.82, 2.24) is 9.58 Å². The van der Waals surface area contributed by atoms with E-state index in [1.54, 1.807) is 22.8 Å². The molecule has 0 radical (unpaired) electrons. The maximum Gasteiger partial charge on any atom is 0.303 e. The lowest BCUT2D eigenvalue weighted by Gasteiger charge is -2.45. The smallest absolute Gasteiger partial charge is 0.303 e. The molecule has 2 heterocycles. The Morgan fingerprint density at radius 2 is 1.77 bits per heavy atom. The van der Waals surface area contributed by atoms with Crippen LogP contribution in [0.4, 0.5) is 0 Å². The van der Waals surface area contributed by atoms with Gasteiger partial charge < -0.3 is 19.1 Å². The van der Waals surface area contributed by atoms with Crippen molar-refractivity contribution >= 4 is 20.0 Å². The standard InChI is InChI=1S/C30H45N3O6Si/c1-7-8-19-38-29-25(35)17-18-32-28(29)30(36)31(3)27(33(32)22-37-20-21-40(4,5)6)16-12-15-26(39-23(2)34)24-13-10-9-11-14-24/h9-11,13-14,17-18,26-27H,7-8,12,15-16,19-22H2,1-6H3.